The van der Waals surface area contributed by atoms with Gasteiger partial charge in [-0.1, -0.05) is 0 Å². The number of sulfonamides is 1. The molecule has 2 N–H and O–H groups in total. The molecule has 6 nitrogen and oxygen atoms in total. The Morgan fingerprint density at radius 1 is 1.38 bits per heavy atom. The van der Waals surface area contributed by atoms with E-state index in [-0.39, 0.29) is 4.90 Å². The van der Waals surface area contributed by atoms with Crippen LogP contribution in [-0.4, -0.2) is 27.1 Å². The Labute approximate surface area is 128 Å². The Kier molecular flexibility index (Phi) is 5.16. The molecule has 0 spiro atoms. The maximum atomic E-state index is 12.2. The Hall–Kier alpha value is -1.64. The number of thiophene rings is 1. The Morgan fingerprint density at radius 3 is 2.81 bits per heavy atom. The highest BCUT2D eigenvalue weighted by Gasteiger charge is 2.16. The molecule has 0 unspecified atom stereocenters. The van der Waals surface area contributed by atoms with Crippen molar-refractivity contribution in [2.45, 2.75) is 18.4 Å². The van der Waals surface area contributed by atoms with E-state index in [4.69, 9.17) is 4.74 Å². The van der Waals surface area contributed by atoms with E-state index in [0.29, 0.717) is 24.7 Å². The molecule has 2 heterocycles. The SMILES string of the molecule is CCOc1ccc(NS(=O)(=O)c2csc(CNC)c2)cn1. The third kappa shape index (κ3) is 4.16. The lowest BCUT2D eigenvalue weighted by Crippen LogP contribution is -2.12. The fourth-order valence-corrected chi connectivity index (χ4v) is 3.99. The average molecular weight is 327 g/mol. The monoisotopic (exact) mass is 327 g/mol. The summed E-state index contributed by atoms with van der Waals surface area (Å²) in [7, 11) is -1.77. The van der Waals surface area contributed by atoms with Crippen LogP contribution >= 0.6 is 11.3 Å². The van der Waals surface area contributed by atoms with Gasteiger partial charge in [-0.25, -0.2) is 13.4 Å². The van der Waals surface area contributed by atoms with Gasteiger partial charge in [0, 0.05) is 22.9 Å². The standard InChI is InChI=1S/C13H17N3O3S2/c1-3-19-13-5-4-10(7-15-13)16-21(17,18)12-6-11(8-14-2)20-9-12/h4-7,9,14,16H,3,8H2,1-2H3. The summed E-state index contributed by atoms with van der Waals surface area (Å²) in [6.07, 6.45) is 1.43. The highest BCUT2D eigenvalue weighted by atomic mass is 32.2. The van der Waals surface area contributed by atoms with Gasteiger partial charge in [-0.15, -0.1) is 11.3 Å². The quantitative estimate of drug-likeness (QED) is 0.814. The van der Waals surface area contributed by atoms with Crippen LogP contribution in [0.1, 0.15) is 11.8 Å². The zero-order valence-electron chi connectivity index (χ0n) is 11.8. The zero-order chi connectivity index (χ0) is 15.3. The van der Waals surface area contributed by atoms with Gasteiger partial charge in [-0.3, -0.25) is 4.72 Å². The summed E-state index contributed by atoms with van der Waals surface area (Å²) in [5.74, 6) is 0.465. The summed E-state index contributed by atoms with van der Waals surface area (Å²) in [6, 6.07) is 4.91. The smallest absolute Gasteiger partial charge is 0.262 e. The largest absolute Gasteiger partial charge is 0.478 e. The van der Waals surface area contributed by atoms with Gasteiger partial charge >= 0.3 is 0 Å². The van der Waals surface area contributed by atoms with E-state index in [1.807, 2.05) is 14.0 Å². The van der Waals surface area contributed by atoms with Crippen LogP contribution in [0.15, 0.2) is 34.7 Å². The van der Waals surface area contributed by atoms with Crippen LogP contribution in [0.4, 0.5) is 5.69 Å². The fraction of sp³-hybridized carbons (Fsp3) is 0.308. The molecule has 0 aliphatic heterocycles. The van der Waals surface area contributed by atoms with E-state index in [1.54, 1.807) is 23.6 Å². The van der Waals surface area contributed by atoms with Crippen LogP contribution in [-0.2, 0) is 16.6 Å². The third-order valence-electron chi connectivity index (χ3n) is 2.57. The molecule has 21 heavy (non-hydrogen) atoms. The molecule has 2 aromatic heterocycles. The number of nitrogens with one attached hydrogen (secondary N) is 2. The van der Waals surface area contributed by atoms with Crippen LogP contribution in [0.3, 0.4) is 0 Å². The van der Waals surface area contributed by atoms with E-state index in [1.165, 1.54) is 17.5 Å². The molecule has 0 radical (unpaired) electrons. The van der Waals surface area contributed by atoms with Crippen LogP contribution in [0.2, 0.25) is 0 Å². The van der Waals surface area contributed by atoms with Crippen molar-refractivity contribution in [1.82, 2.24) is 10.3 Å². The number of hydrogen-bond donors (Lipinski definition) is 2. The minimum absolute atomic E-state index is 0.256. The lowest BCUT2D eigenvalue weighted by Gasteiger charge is -2.07. The van der Waals surface area contributed by atoms with Gasteiger partial charge in [0.1, 0.15) is 0 Å². The first-order valence-corrected chi connectivity index (χ1v) is 8.75. The Morgan fingerprint density at radius 2 is 2.19 bits per heavy atom. The van der Waals surface area contributed by atoms with Crippen LogP contribution in [0.25, 0.3) is 0 Å². The summed E-state index contributed by atoms with van der Waals surface area (Å²) in [4.78, 5) is 5.24. The Bertz CT molecular complexity index is 681. The normalized spacial score (nSPS) is 11.3. The van der Waals surface area contributed by atoms with Crippen LogP contribution in [0, 0.1) is 0 Å². The second-order valence-electron chi connectivity index (χ2n) is 4.20. The van der Waals surface area contributed by atoms with Gasteiger partial charge in [0.2, 0.25) is 5.88 Å². The van der Waals surface area contributed by atoms with Crippen molar-refractivity contribution in [3.05, 3.63) is 34.7 Å². The number of nitrogens with zero attached hydrogens (tertiary/aromatic N) is 1. The zero-order valence-corrected chi connectivity index (χ0v) is 13.4. The number of aromatic nitrogens is 1. The van der Waals surface area contributed by atoms with Gasteiger partial charge in [-0.2, -0.15) is 0 Å². The molecule has 0 aromatic carbocycles. The topological polar surface area (TPSA) is 80.3 Å². The molecule has 8 heteroatoms. The van der Waals surface area contributed by atoms with Crippen molar-refractivity contribution in [3.63, 3.8) is 0 Å². The number of pyridine rings is 1. The van der Waals surface area contributed by atoms with Gasteiger partial charge in [0.05, 0.1) is 23.4 Å². The van der Waals surface area contributed by atoms with E-state index in [9.17, 15) is 8.42 Å². The second kappa shape index (κ2) is 6.88. The van der Waals surface area contributed by atoms with E-state index >= 15 is 0 Å². The molecule has 2 rings (SSSR count). The minimum atomic E-state index is -3.58. The van der Waals surface area contributed by atoms with Crippen molar-refractivity contribution in [3.8, 4) is 5.88 Å². The summed E-state index contributed by atoms with van der Waals surface area (Å²) in [6.45, 7) is 3.02. The van der Waals surface area contributed by atoms with Crippen LogP contribution in [0.5, 0.6) is 5.88 Å². The predicted octanol–water partition coefficient (Wildman–Crippen LogP) is 2.06. The maximum Gasteiger partial charge on any atom is 0.262 e. The molecule has 0 saturated heterocycles. The molecule has 0 saturated carbocycles. The number of hydrogen-bond acceptors (Lipinski definition) is 6. The van der Waals surface area contributed by atoms with E-state index in [0.717, 1.165) is 4.88 Å². The van der Waals surface area contributed by atoms with Crippen molar-refractivity contribution >= 4 is 27.0 Å². The number of rotatable bonds is 7. The number of anilines is 1. The summed E-state index contributed by atoms with van der Waals surface area (Å²) >= 11 is 1.40. The lowest BCUT2D eigenvalue weighted by molar-refractivity contribution is 0.327. The molecule has 0 bridgehead atoms. The molecule has 0 aliphatic rings. The van der Waals surface area contributed by atoms with Gasteiger partial charge in [0.25, 0.3) is 10.0 Å². The van der Waals surface area contributed by atoms with E-state index in [2.05, 4.69) is 15.0 Å². The highest BCUT2D eigenvalue weighted by Crippen LogP contribution is 2.22. The molecule has 2 aromatic rings. The Balaban J connectivity index is 2.12. The highest BCUT2D eigenvalue weighted by molar-refractivity contribution is 7.92. The van der Waals surface area contributed by atoms with Crippen LogP contribution < -0.4 is 14.8 Å². The lowest BCUT2D eigenvalue weighted by atomic mass is 10.4. The molecule has 0 atom stereocenters. The second-order valence-corrected chi connectivity index (χ2v) is 6.88. The molecule has 0 amide bonds. The van der Waals surface area contributed by atoms with Gasteiger partial charge in [-0.05, 0) is 26.1 Å². The summed E-state index contributed by atoms with van der Waals surface area (Å²) in [5, 5.41) is 4.61. The van der Waals surface area contributed by atoms with Crippen molar-refractivity contribution in [1.29, 1.82) is 0 Å². The third-order valence-corrected chi connectivity index (χ3v) is 5.02. The van der Waals surface area contributed by atoms with E-state index < -0.39 is 10.0 Å². The first kappa shape index (κ1) is 15.7. The molecular weight excluding hydrogens is 310 g/mol. The van der Waals surface area contributed by atoms with Crippen molar-refractivity contribution in [2.24, 2.45) is 0 Å². The first-order chi connectivity index (χ1) is 10.0. The summed E-state index contributed by atoms with van der Waals surface area (Å²) in [5.41, 5.74) is 0.403. The van der Waals surface area contributed by atoms with Gasteiger partial charge < -0.3 is 10.1 Å². The average Bonchev–Trinajstić information content (AvgIpc) is 2.91. The van der Waals surface area contributed by atoms with Gasteiger partial charge in [0.15, 0.2) is 0 Å². The van der Waals surface area contributed by atoms with Crippen molar-refractivity contribution in [2.75, 3.05) is 18.4 Å². The van der Waals surface area contributed by atoms with Crippen molar-refractivity contribution < 1.29 is 13.2 Å². The molecule has 0 fully saturated rings. The molecule has 0 aliphatic carbocycles. The first-order valence-electron chi connectivity index (χ1n) is 6.39. The summed E-state index contributed by atoms with van der Waals surface area (Å²) < 4.78 is 32.2. The maximum absolute atomic E-state index is 12.2. The molecular formula is C13H17N3O3S2. The fourth-order valence-electron chi connectivity index (χ4n) is 1.66. The molecule has 114 valence electrons. The number of ether oxygens (including phenoxy) is 1. The minimum Gasteiger partial charge on any atom is -0.478 e. The predicted molar refractivity (Wildman–Crippen MR) is 83.3 cm³/mol.